The summed E-state index contributed by atoms with van der Waals surface area (Å²) in [6, 6.07) is 12.5. The molecule has 5 nitrogen and oxygen atoms in total. The fourth-order valence-electron chi connectivity index (χ4n) is 2.29. The van der Waals surface area contributed by atoms with Crippen LogP contribution in [0.3, 0.4) is 0 Å². The zero-order valence-electron chi connectivity index (χ0n) is 14.6. The first-order valence-corrected chi connectivity index (χ1v) is 10.2. The molecule has 2 aromatic rings. The van der Waals surface area contributed by atoms with Gasteiger partial charge in [0.05, 0.1) is 6.54 Å². The molecular weight excluding hydrogens is 425 g/mol. The highest BCUT2D eigenvalue weighted by Crippen LogP contribution is 2.24. The van der Waals surface area contributed by atoms with Crippen LogP contribution in [-0.4, -0.2) is 10.8 Å². The van der Waals surface area contributed by atoms with Crippen LogP contribution >= 0.6 is 21.3 Å². The van der Waals surface area contributed by atoms with Gasteiger partial charge in [0.25, 0.3) is 0 Å². The normalized spacial score (nSPS) is 16.0. The Balaban J connectivity index is 1.67. The summed E-state index contributed by atoms with van der Waals surface area (Å²) in [5.74, 6) is 1.75. The van der Waals surface area contributed by atoms with Gasteiger partial charge in [0.2, 0.25) is 0 Å². The van der Waals surface area contributed by atoms with Crippen molar-refractivity contribution in [2.24, 2.45) is 8.14 Å². The van der Waals surface area contributed by atoms with Gasteiger partial charge in [-0.3, -0.25) is 9.98 Å². The second-order valence-electron chi connectivity index (χ2n) is 6.80. The van der Waals surface area contributed by atoms with Gasteiger partial charge in [0.15, 0.2) is 5.84 Å². The summed E-state index contributed by atoms with van der Waals surface area (Å²) < 4.78 is 7.84. The molecule has 3 rings (SSSR count). The highest BCUT2D eigenvalue weighted by molar-refractivity contribution is 14.1. The zero-order chi connectivity index (χ0) is 17.7. The lowest BCUT2D eigenvalue weighted by Gasteiger charge is -2.20. The third kappa shape index (κ3) is 5.19. The fourth-order valence-corrected chi connectivity index (χ4v) is 3.50. The van der Waals surface area contributed by atoms with Crippen molar-refractivity contribution in [2.75, 3.05) is 5.32 Å². The summed E-state index contributed by atoms with van der Waals surface area (Å²) >= 11 is -0.471. The first-order valence-electron chi connectivity index (χ1n) is 8.13. The second kappa shape index (κ2) is 7.86. The number of hydrogen-bond donors (Lipinski definition) is 2. The number of amidine groups is 1. The number of nitrogens with one attached hydrogen (secondary N) is 2. The third-order valence-corrected chi connectivity index (χ3v) is 5.31. The van der Waals surface area contributed by atoms with E-state index in [1.54, 1.807) is 12.4 Å². The van der Waals surface area contributed by atoms with E-state index < -0.39 is 21.3 Å². The van der Waals surface area contributed by atoms with E-state index in [2.05, 4.69) is 67.0 Å². The number of pyridine rings is 1. The van der Waals surface area contributed by atoms with Crippen molar-refractivity contribution in [3.05, 3.63) is 71.8 Å². The van der Waals surface area contributed by atoms with Gasteiger partial charge in [-0.1, -0.05) is 32.9 Å². The van der Waals surface area contributed by atoms with Gasteiger partial charge in [-0.2, -0.15) is 3.15 Å². The van der Waals surface area contributed by atoms with Crippen molar-refractivity contribution in [1.82, 2.24) is 8.51 Å². The van der Waals surface area contributed by atoms with Crippen LogP contribution in [0.1, 0.15) is 31.9 Å². The molecule has 0 aliphatic carbocycles. The lowest BCUT2D eigenvalue weighted by atomic mass is 9.87. The first kappa shape index (κ1) is 17.7. The molecule has 0 spiro atoms. The number of halogens is 1. The van der Waals surface area contributed by atoms with Gasteiger partial charge in [-0.25, -0.2) is 0 Å². The number of nitrogens with zero attached hydrogens (tertiary/aromatic N) is 3. The van der Waals surface area contributed by atoms with Crippen LogP contribution in [-0.2, 0) is 12.0 Å². The van der Waals surface area contributed by atoms with E-state index in [0.29, 0.717) is 6.54 Å². The van der Waals surface area contributed by atoms with Crippen LogP contribution in [0.15, 0.2) is 68.8 Å². The minimum absolute atomic E-state index is 0.165. The molecule has 130 valence electrons. The Labute approximate surface area is 159 Å². The second-order valence-corrected chi connectivity index (χ2v) is 8.31. The summed E-state index contributed by atoms with van der Waals surface area (Å²) in [5, 5.41) is 3.41. The van der Waals surface area contributed by atoms with E-state index in [0.717, 1.165) is 22.9 Å². The molecule has 2 N–H and O–H groups in total. The highest BCUT2D eigenvalue weighted by atomic mass is 127. The van der Waals surface area contributed by atoms with Gasteiger partial charge in [0.1, 0.15) is 27.1 Å². The number of rotatable bonds is 4. The molecule has 0 unspecified atom stereocenters. The van der Waals surface area contributed by atoms with E-state index >= 15 is 0 Å². The molecule has 0 amide bonds. The van der Waals surface area contributed by atoms with Crippen LogP contribution < -0.4 is 8.85 Å². The van der Waals surface area contributed by atoms with Crippen LogP contribution in [0.25, 0.3) is 0 Å². The Bertz CT molecular complexity index is 802. The molecule has 1 aliphatic heterocycles. The van der Waals surface area contributed by atoms with E-state index in [9.17, 15) is 0 Å². The number of aliphatic imine (C=N–C) groups is 1. The third-order valence-electron chi connectivity index (χ3n) is 3.75. The molecule has 0 radical (unpaired) electrons. The topological polar surface area (TPSA) is 61.7 Å². The van der Waals surface area contributed by atoms with Crippen LogP contribution in [0.2, 0.25) is 0 Å². The maximum absolute atomic E-state index is 4.59. The molecule has 1 aromatic heterocycles. The van der Waals surface area contributed by atoms with Crippen LogP contribution in [0.5, 0.6) is 0 Å². The monoisotopic (exact) mass is 447 g/mol. The van der Waals surface area contributed by atoms with Crippen LogP contribution in [0.4, 0.5) is 5.69 Å². The molecule has 1 aromatic carbocycles. The largest absolute Gasteiger partial charge is 0.341 e. The highest BCUT2D eigenvalue weighted by Gasteiger charge is 2.13. The summed E-state index contributed by atoms with van der Waals surface area (Å²) in [7, 11) is 0. The smallest absolute Gasteiger partial charge is 0.158 e. The van der Waals surface area contributed by atoms with Gasteiger partial charge < -0.3 is 8.85 Å². The Kier molecular flexibility index (Phi) is 5.57. The maximum Gasteiger partial charge on any atom is 0.158 e. The SMILES string of the molecule is CC(C)(C)c1ccc(NC2=CC(=NCc3ccncc3)N=IN2)cc1. The van der Waals surface area contributed by atoms with Crippen molar-refractivity contribution < 1.29 is 0 Å². The summed E-state index contributed by atoms with van der Waals surface area (Å²) in [4.78, 5) is 8.61. The van der Waals surface area contributed by atoms with E-state index in [1.165, 1.54) is 5.56 Å². The van der Waals surface area contributed by atoms with Crippen molar-refractivity contribution in [3.63, 3.8) is 0 Å². The fraction of sp³-hybridized carbons (Fsp3) is 0.263. The average Bonchev–Trinajstić information content (AvgIpc) is 2.61. The zero-order valence-corrected chi connectivity index (χ0v) is 16.8. The number of hydrogen-bond acceptors (Lipinski definition) is 4. The minimum Gasteiger partial charge on any atom is -0.341 e. The Morgan fingerprint density at radius 3 is 2.48 bits per heavy atom. The minimum atomic E-state index is -0.471. The predicted molar refractivity (Wildman–Crippen MR) is 112 cm³/mol. The van der Waals surface area contributed by atoms with E-state index in [1.807, 2.05) is 18.2 Å². The molecule has 0 saturated carbocycles. The van der Waals surface area contributed by atoms with Crippen molar-refractivity contribution in [2.45, 2.75) is 32.7 Å². The number of anilines is 1. The summed E-state index contributed by atoms with van der Waals surface area (Å²) in [5.41, 5.74) is 3.68. The van der Waals surface area contributed by atoms with Crippen molar-refractivity contribution in [1.29, 1.82) is 0 Å². The lowest BCUT2D eigenvalue weighted by molar-refractivity contribution is 0.590. The summed E-state index contributed by atoms with van der Waals surface area (Å²) in [6.45, 7) is 7.28. The number of aromatic nitrogens is 1. The van der Waals surface area contributed by atoms with Crippen molar-refractivity contribution in [3.8, 4) is 0 Å². The Morgan fingerprint density at radius 1 is 1.08 bits per heavy atom. The van der Waals surface area contributed by atoms with Gasteiger partial charge >= 0.3 is 0 Å². The Morgan fingerprint density at radius 2 is 1.80 bits per heavy atom. The first-order chi connectivity index (χ1) is 12.0. The average molecular weight is 447 g/mol. The standard InChI is InChI=1S/C19H22IN5/c1-19(2,3)15-4-6-16(7-5-15)23-18-12-17(24-20-25-18)22-13-14-8-10-21-11-9-14/h4-12H,13H2,1-3H3,(H2,22,23,24,25). The van der Waals surface area contributed by atoms with Gasteiger partial charge in [0, 0.05) is 24.2 Å². The molecule has 1 aliphatic rings. The molecule has 2 heterocycles. The van der Waals surface area contributed by atoms with E-state index in [4.69, 9.17) is 0 Å². The lowest BCUT2D eigenvalue weighted by Crippen LogP contribution is -2.15. The summed E-state index contributed by atoms with van der Waals surface area (Å²) in [6.07, 6.45) is 5.53. The number of benzene rings is 1. The molecule has 0 atom stereocenters. The van der Waals surface area contributed by atoms with Gasteiger partial charge in [-0.15, -0.1) is 0 Å². The van der Waals surface area contributed by atoms with Crippen molar-refractivity contribution >= 4 is 32.8 Å². The maximum atomic E-state index is 4.59. The Hall–Kier alpha value is -2.09. The van der Waals surface area contributed by atoms with Gasteiger partial charge in [-0.05, 0) is 40.8 Å². The van der Waals surface area contributed by atoms with Crippen LogP contribution in [0, 0.1) is 0 Å². The van der Waals surface area contributed by atoms with E-state index in [-0.39, 0.29) is 5.41 Å². The quantitative estimate of drug-likeness (QED) is 0.518. The molecule has 6 heteroatoms. The predicted octanol–water partition coefficient (Wildman–Crippen LogP) is 4.90. The molecule has 0 bridgehead atoms. The molecule has 0 saturated heterocycles. The molecule has 0 fully saturated rings. The molecular formula is C19H22IN5. The molecule has 25 heavy (non-hydrogen) atoms.